The van der Waals surface area contributed by atoms with Gasteiger partial charge in [0.2, 0.25) is 11.0 Å². The predicted octanol–water partition coefficient (Wildman–Crippen LogP) is 2.97. The van der Waals surface area contributed by atoms with Crippen LogP contribution in [0.2, 0.25) is 5.02 Å². The van der Waals surface area contributed by atoms with Gasteiger partial charge in [0.15, 0.2) is 0 Å². The number of carbonyl (C=O) groups is 1. The van der Waals surface area contributed by atoms with Crippen molar-refractivity contribution in [1.82, 2.24) is 10.2 Å². The molecule has 1 aliphatic heterocycles. The zero-order valence-electron chi connectivity index (χ0n) is 9.12. The Morgan fingerprint density at radius 3 is 2.94 bits per heavy atom. The monoisotopic (exact) mass is 297 g/mol. The van der Waals surface area contributed by atoms with E-state index in [4.69, 9.17) is 11.6 Å². The summed E-state index contributed by atoms with van der Waals surface area (Å²) in [6, 6.07) is 7.57. The molecule has 0 saturated carbocycles. The van der Waals surface area contributed by atoms with Crippen LogP contribution >= 0.6 is 34.7 Å². The third-order valence-electron chi connectivity index (χ3n) is 2.59. The molecule has 1 saturated heterocycles. The first-order valence-corrected chi connectivity index (χ1v) is 7.52. The van der Waals surface area contributed by atoms with Crippen LogP contribution in [0.5, 0.6) is 0 Å². The maximum Gasteiger partial charge on any atom is 0.240 e. The average Bonchev–Trinajstić information content (AvgIpc) is 2.98. The van der Waals surface area contributed by atoms with Crippen LogP contribution in [0.25, 0.3) is 0 Å². The second-order valence-corrected chi connectivity index (χ2v) is 5.96. The van der Waals surface area contributed by atoms with E-state index in [2.05, 4.69) is 10.2 Å². The van der Waals surface area contributed by atoms with E-state index in [1.54, 1.807) is 22.2 Å². The lowest BCUT2D eigenvalue weighted by atomic mass is 10.2. The van der Waals surface area contributed by atoms with Crippen molar-refractivity contribution in [1.29, 1.82) is 0 Å². The van der Waals surface area contributed by atoms with E-state index in [0.29, 0.717) is 15.9 Å². The standard InChI is InChI=1S/C11H8ClN3OS2/c12-8-4-2-1-3-7(8)10-15(9(16)5-17-10)11-14-13-6-18-11/h1-4,6,10H,5H2/t10-/m0/s1. The fourth-order valence-corrected chi connectivity index (χ4v) is 3.97. The first kappa shape index (κ1) is 12.0. The molecule has 1 aliphatic rings. The van der Waals surface area contributed by atoms with Gasteiger partial charge in [0, 0.05) is 10.6 Å². The van der Waals surface area contributed by atoms with Crippen LogP contribution in [0.15, 0.2) is 29.8 Å². The molecule has 2 aromatic rings. The minimum Gasteiger partial charge on any atom is -0.273 e. The van der Waals surface area contributed by atoms with E-state index in [-0.39, 0.29) is 11.3 Å². The maximum atomic E-state index is 12.0. The molecule has 0 spiro atoms. The SMILES string of the molecule is O=C1CS[C@@H](c2ccccc2Cl)N1c1nncs1. The second kappa shape index (κ2) is 4.87. The zero-order chi connectivity index (χ0) is 12.5. The number of aromatic nitrogens is 2. The summed E-state index contributed by atoms with van der Waals surface area (Å²) < 4.78 is 0. The Balaban J connectivity index is 2.02. The number of halogens is 1. The number of anilines is 1. The van der Waals surface area contributed by atoms with Gasteiger partial charge in [-0.2, -0.15) is 0 Å². The lowest BCUT2D eigenvalue weighted by molar-refractivity contribution is -0.115. The van der Waals surface area contributed by atoms with Gasteiger partial charge in [0.1, 0.15) is 10.9 Å². The molecule has 1 amide bonds. The summed E-state index contributed by atoms with van der Waals surface area (Å²) in [6.07, 6.45) is 0. The predicted molar refractivity (Wildman–Crippen MR) is 74.0 cm³/mol. The summed E-state index contributed by atoms with van der Waals surface area (Å²) in [5, 5.41) is 8.93. The number of benzene rings is 1. The number of hydrogen-bond donors (Lipinski definition) is 0. The van der Waals surface area contributed by atoms with E-state index >= 15 is 0 Å². The highest BCUT2D eigenvalue weighted by Gasteiger charge is 2.36. The zero-order valence-corrected chi connectivity index (χ0v) is 11.5. The minimum absolute atomic E-state index is 0.0432. The van der Waals surface area contributed by atoms with Gasteiger partial charge >= 0.3 is 0 Å². The number of nitrogens with zero attached hydrogens (tertiary/aromatic N) is 3. The van der Waals surface area contributed by atoms with Crippen molar-refractivity contribution in [2.75, 3.05) is 10.7 Å². The van der Waals surface area contributed by atoms with Crippen molar-refractivity contribution >= 4 is 45.7 Å². The topological polar surface area (TPSA) is 46.1 Å². The molecular weight excluding hydrogens is 290 g/mol. The Hall–Kier alpha value is -1.11. The Morgan fingerprint density at radius 1 is 1.39 bits per heavy atom. The van der Waals surface area contributed by atoms with Gasteiger partial charge in [-0.25, -0.2) is 0 Å². The van der Waals surface area contributed by atoms with E-state index < -0.39 is 0 Å². The molecule has 92 valence electrons. The highest BCUT2D eigenvalue weighted by atomic mass is 35.5. The molecule has 1 aromatic heterocycles. The average molecular weight is 298 g/mol. The van der Waals surface area contributed by atoms with E-state index in [9.17, 15) is 4.79 Å². The first-order chi connectivity index (χ1) is 8.77. The van der Waals surface area contributed by atoms with Gasteiger partial charge in [0.05, 0.1) is 5.75 Å². The number of rotatable bonds is 2. The van der Waals surface area contributed by atoms with Crippen molar-refractivity contribution in [3.05, 3.63) is 40.4 Å². The molecule has 7 heteroatoms. The summed E-state index contributed by atoms with van der Waals surface area (Å²) in [6.45, 7) is 0. The summed E-state index contributed by atoms with van der Waals surface area (Å²) in [7, 11) is 0. The fraction of sp³-hybridized carbons (Fsp3) is 0.182. The number of hydrogen-bond acceptors (Lipinski definition) is 5. The third kappa shape index (κ3) is 2.00. The normalized spacial score (nSPS) is 19.5. The molecule has 18 heavy (non-hydrogen) atoms. The number of amides is 1. The van der Waals surface area contributed by atoms with Gasteiger partial charge in [-0.05, 0) is 6.07 Å². The van der Waals surface area contributed by atoms with Crippen LogP contribution in [-0.2, 0) is 4.79 Å². The minimum atomic E-state index is -0.112. The molecule has 1 atom stereocenters. The molecule has 2 heterocycles. The molecule has 0 aliphatic carbocycles. The van der Waals surface area contributed by atoms with Crippen LogP contribution in [0.1, 0.15) is 10.9 Å². The van der Waals surface area contributed by atoms with E-state index in [1.165, 1.54) is 11.3 Å². The summed E-state index contributed by atoms with van der Waals surface area (Å²) in [4.78, 5) is 13.6. The van der Waals surface area contributed by atoms with Crippen molar-refractivity contribution in [3.63, 3.8) is 0 Å². The van der Waals surface area contributed by atoms with Crippen LogP contribution in [-0.4, -0.2) is 21.9 Å². The van der Waals surface area contributed by atoms with Gasteiger partial charge in [-0.15, -0.1) is 22.0 Å². The fourth-order valence-electron chi connectivity index (χ4n) is 1.81. The summed E-state index contributed by atoms with van der Waals surface area (Å²) in [5.41, 5.74) is 2.56. The van der Waals surface area contributed by atoms with Crippen molar-refractivity contribution in [2.24, 2.45) is 0 Å². The molecular formula is C11H8ClN3OS2. The lowest BCUT2D eigenvalue weighted by Crippen LogP contribution is -2.27. The largest absolute Gasteiger partial charge is 0.273 e. The Morgan fingerprint density at radius 2 is 2.22 bits per heavy atom. The number of thioether (sulfide) groups is 1. The van der Waals surface area contributed by atoms with Crippen molar-refractivity contribution in [2.45, 2.75) is 5.37 Å². The van der Waals surface area contributed by atoms with E-state index in [1.807, 2.05) is 24.3 Å². The molecule has 0 N–H and O–H groups in total. The van der Waals surface area contributed by atoms with Crippen molar-refractivity contribution in [3.8, 4) is 0 Å². The lowest BCUT2D eigenvalue weighted by Gasteiger charge is -2.21. The molecule has 0 bridgehead atoms. The third-order valence-corrected chi connectivity index (χ3v) is 4.82. The quantitative estimate of drug-likeness (QED) is 0.855. The maximum absolute atomic E-state index is 12.0. The van der Waals surface area contributed by atoms with Gasteiger partial charge in [-0.1, -0.05) is 41.1 Å². The van der Waals surface area contributed by atoms with Crippen LogP contribution in [0, 0.1) is 0 Å². The van der Waals surface area contributed by atoms with Gasteiger partial charge in [0.25, 0.3) is 0 Å². The highest BCUT2D eigenvalue weighted by Crippen LogP contribution is 2.44. The Bertz CT molecular complexity index is 575. The highest BCUT2D eigenvalue weighted by molar-refractivity contribution is 8.00. The van der Waals surface area contributed by atoms with Gasteiger partial charge in [-0.3, -0.25) is 9.69 Å². The summed E-state index contributed by atoms with van der Waals surface area (Å²) in [5.74, 6) is 0.483. The molecule has 1 fully saturated rings. The number of carbonyl (C=O) groups excluding carboxylic acids is 1. The molecule has 4 nitrogen and oxygen atoms in total. The molecule has 1 aromatic carbocycles. The summed E-state index contributed by atoms with van der Waals surface area (Å²) >= 11 is 9.10. The van der Waals surface area contributed by atoms with Crippen LogP contribution in [0.3, 0.4) is 0 Å². The Labute approximate surface area is 117 Å². The van der Waals surface area contributed by atoms with Crippen LogP contribution < -0.4 is 4.90 Å². The van der Waals surface area contributed by atoms with Crippen molar-refractivity contribution < 1.29 is 4.79 Å². The van der Waals surface area contributed by atoms with Crippen LogP contribution in [0.4, 0.5) is 5.13 Å². The van der Waals surface area contributed by atoms with E-state index in [0.717, 1.165) is 5.56 Å². The Kier molecular flexibility index (Phi) is 3.23. The molecule has 3 rings (SSSR count). The first-order valence-electron chi connectivity index (χ1n) is 5.21. The molecule has 0 unspecified atom stereocenters. The second-order valence-electron chi connectivity index (χ2n) is 3.67. The van der Waals surface area contributed by atoms with Gasteiger partial charge < -0.3 is 0 Å². The molecule has 0 radical (unpaired) electrons. The smallest absolute Gasteiger partial charge is 0.240 e.